The van der Waals surface area contributed by atoms with E-state index in [2.05, 4.69) is 40.7 Å². The van der Waals surface area contributed by atoms with Crippen molar-refractivity contribution in [2.45, 2.75) is 39.3 Å². The minimum atomic E-state index is -0.168. The van der Waals surface area contributed by atoms with Crippen LogP contribution in [0.2, 0.25) is 0 Å². The van der Waals surface area contributed by atoms with E-state index in [1.165, 1.54) is 6.07 Å². The van der Waals surface area contributed by atoms with E-state index in [9.17, 15) is 4.39 Å². The van der Waals surface area contributed by atoms with E-state index in [1.54, 1.807) is 12.4 Å². The second kappa shape index (κ2) is 5.26. The van der Waals surface area contributed by atoms with Crippen molar-refractivity contribution in [1.82, 2.24) is 19.7 Å². The van der Waals surface area contributed by atoms with Gasteiger partial charge in [0.1, 0.15) is 18.0 Å². The molecule has 0 N–H and O–H groups in total. The van der Waals surface area contributed by atoms with Crippen molar-refractivity contribution in [3.8, 4) is 0 Å². The Morgan fingerprint density at radius 2 is 1.96 bits per heavy atom. The normalized spacial score (nSPS) is 14.9. The van der Waals surface area contributed by atoms with Gasteiger partial charge in [0, 0.05) is 13.1 Å². The summed E-state index contributed by atoms with van der Waals surface area (Å²) in [4.78, 5) is 11.2. The van der Waals surface area contributed by atoms with E-state index in [0.29, 0.717) is 0 Å². The quantitative estimate of drug-likeness (QED) is 0.689. The van der Waals surface area contributed by atoms with Gasteiger partial charge in [0.15, 0.2) is 5.65 Å². The third-order valence-electron chi connectivity index (χ3n) is 4.46. The van der Waals surface area contributed by atoms with Crippen LogP contribution in [0, 0.1) is 5.82 Å². The molecule has 0 spiro atoms. The average Bonchev–Trinajstić information content (AvgIpc) is 2.98. The lowest BCUT2D eigenvalue weighted by atomic mass is 9.99. The van der Waals surface area contributed by atoms with E-state index in [0.717, 1.165) is 47.5 Å². The molecular weight excluding hydrogens is 305 g/mol. The molecule has 1 aliphatic heterocycles. The maximum atomic E-state index is 13.4. The molecule has 0 saturated heterocycles. The Kier molecular flexibility index (Phi) is 3.30. The number of benzene rings is 1. The Bertz CT molecular complexity index is 909. The fraction of sp³-hybridized carbons (Fsp3) is 0.389. The molecule has 4 rings (SSSR count). The zero-order chi connectivity index (χ0) is 16.9. The fourth-order valence-electron chi connectivity index (χ4n) is 3.28. The van der Waals surface area contributed by atoms with Gasteiger partial charge in [-0.1, -0.05) is 6.07 Å². The monoisotopic (exact) mass is 325 g/mol. The van der Waals surface area contributed by atoms with Gasteiger partial charge in [-0.3, -0.25) is 0 Å². The molecule has 0 bridgehead atoms. The van der Waals surface area contributed by atoms with Crippen LogP contribution in [0.4, 0.5) is 10.2 Å². The van der Waals surface area contributed by atoms with E-state index in [4.69, 9.17) is 0 Å². The van der Waals surface area contributed by atoms with Gasteiger partial charge in [0.25, 0.3) is 0 Å². The molecule has 1 aliphatic rings. The smallest absolute Gasteiger partial charge is 0.163 e. The summed E-state index contributed by atoms with van der Waals surface area (Å²) in [6.07, 6.45) is 4.25. The van der Waals surface area contributed by atoms with Gasteiger partial charge in [-0.25, -0.2) is 19.0 Å². The Morgan fingerprint density at radius 3 is 2.75 bits per heavy atom. The molecule has 6 heteroatoms. The summed E-state index contributed by atoms with van der Waals surface area (Å²) in [7, 11) is 0. The molecule has 24 heavy (non-hydrogen) atoms. The van der Waals surface area contributed by atoms with Crippen molar-refractivity contribution in [3.63, 3.8) is 0 Å². The molecule has 0 unspecified atom stereocenters. The van der Waals surface area contributed by atoms with Gasteiger partial charge < -0.3 is 4.90 Å². The number of anilines is 1. The topological polar surface area (TPSA) is 46.8 Å². The number of nitrogens with zero attached hydrogens (tertiary/aromatic N) is 5. The van der Waals surface area contributed by atoms with Gasteiger partial charge in [-0.05, 0) is 50.5 Å². The van der Waals surface area contributed by atoms with E-state index >= 15 is 0 Å². The highest BCUT2D eigenvalue weighted by Crippen LogP contribution is 2.30. The van der Waals surface area contributed by atoms with Crippen LogP contribution in [0.5, 0.6) is 0 Å². The summed E-state index contributed by atoms with van der Waals surface area (Å²) < 4.78 is 15.3. The average molecular weight is 325 g/mol. The van der Waals surface area contributed by atoms with Crippen LogP contribution in [0.25, 0.3) is 11.0 Å². The van der Waals surface area contributed by atoms with Crippen LogP contribution in [-0.2, 0) is 18.5 Å². The van der Waals surface area contributed by atoms with E-state index < -0.39 is 0 Å². The summed E-state index contributed by atoms with van der Waals surface area (Å²) in [6.45, 7) is 7.85. The van der Waals surface area contributed by atoms with Crippen LogP contribution in [-0.4, -0.2) is 26.3 Å². The second-order valence-electron chi connectivity index (χ2n) is 7.25. The van der Waals surface area contributed by atoms with Gasteiger partial charge in [0.2, 0.25) is 0 Å². The van der Waals surface area contributed by atoms with Crippen molar-refractivity contribution in [1.29, 1.82) is 0 Å². The standard InChI is InChI=1S/C18H20FN5/c1-18(2,3)24-17-15(9-22-24)16(20-11-21-17)23-7-6-12-8-14(19)5-4-13(12)10-23/h4-5,8-9,11H,6-7,10H2,1-3H3. The molecule has 2 aromatic heterocycles. The minimum Gasteiger partial charge on any atom is -0.351 e. The van der Waals surface area contributed by atoms with Crippen molar-refractivity contribution >= 4 is 16.9 Å². The lowest BCUT2D eigenvalue weighted by Gasteiger charge is -2.30. The Morgan fingerprint density at radius 1 is 1.12 bits per heavy atom. The number of rotatable bonds is 1. The Hall–Kier alpha value is -2.50. The van der Waals surface area contributed by atoms with Crippen molar-refractivity contribution in [2.24, 2.45) is 0 Å². The van der Waals surface area contributed by atoms with Gasteiger partial charge in [0.05, 0.1) is 17.1 Å². The number of aromatic nitrogens is 4. The van der Waals surface area contributed by atoms with Crippen molar-refractivity contribution < 1.29 is 4.39 Å². The largest absolute Gasteiger partial charge is 0.351 e. The molecule has 0 amide bonds. The molecule has 3 aromatic rings. The van der Waals surface area contributed by atoms with Crippen molar-refractivity contribution in [3.05, 3.63) is 47.7 Å². The van der Waals surface area contributed by atoms with Crippen LogP contribution >= 0.6 is 0 Å². The second-order valence-corrected chi connectivity index (χ2v) is 7.25. The minimum absolute atomic E-state index is 0.139. The predicted octanol–water partition coefficient (Wildman–Crippen LogP) is 3.28. The number of hydrogen-bond donors (Lipinski definition) is 0. The van der Waals surface area contributed by atoms with Crippen molar-refractivity contribution in [2.75, 3.05) is 11.4 Å². The lowest BCUT2D eigenvalue weighted by Crippen LogP contribution is -2.31. The Balaban J connectivity index is 1.75. The highest BCUT2D eigenvalue weighted by molar-refractivity contribution is 5.87. The molecule has 1 aromatic carbocycles. The van der Waals surface area contributed by atoms with E-state index in [1.807, 2.05) is 16.9 Å². The Labute approximate surface area is 140 Å². The number of hydrogen-bond acceptors (Lipinski definition) is 4. The predicted molar refractivity (Wildman–Crippen MR) is 91.5 cm³/mol. The molecule has 0 atom stereocenters. The molecule has 124 valence electrons. The third kappa shape index (κ3) is 2.42. The first-order valence-electron chi connectivity index (χ1n) is 8.15. The SMILES string of the molecule is CC(C)(C)n1ncc2c(N3CCc4cc(F)ccc4C3)ncnc21. The van der Waals surface area contributed by atoms with Crippen LogP contribution in [0.1, 0.15) is 31.9 Å². The first kappa shape index (κ1) is 15.1. The van der Waals surface area contributed by atoms with Gasteiger partial charge in [-0.2, -0.15) is 5.10 Å². The number of halogens is 1. The molecule has 3 heterocycles. The molecule has 0 aliphatic carbocycles. The molecule has 0 radical (unpaired) electrons. The number of fused-ring (bicyclic) bond motifs is 2. The van der Waals surface area contributed by atoms with Gasteiger partial charge in [-0.15, -0.1) is 0 Å². The first-order valence-corrected chi connectivity index (χ1v) is 8.15. The molecule has 0 fully saturated rings. The zero-order valence-electron chi connectivity index (χ0n) is 14.1. The third-order valence-corrected chi connectivity index (χ3v) is 4.46. The molecule has 0 saturated carbocycles. The van der Waals surface area contributed by atoms with Crippen LogP contribution in [0.15, 0.2) is 30.7 Å². The maximum absolute atomic E-state index is 13.4. The summed E-state index contributed by atoms with van der Waals surface area (Å²) in [5.74, 6) is 0.726. The lowest BCUT2D eigenvalue weighted by molar-refractivity contribution is 0.366. The molecular formula is C18H20FN5. The van der Waals surface area contributed by atoms with Crippen LogP contribution in [0.3, 0.4) is 0 Å². The highest BCUT2D eigenvalue weighted by atomic mass is 19.1. The maximum Gasteiger partial charge on any atom is 0.163 e. The van der Waals surface area contributed by atoms with Gasteiger partial charge >= 0.3 is 0 Å². The molecule has 5 nitrogen and oxygen atoms in total. The zero-order valence-corrected chi connectivity index (χ0v) is 14.1. The summed E-state index contributed by atoms with van der Waals surface area (Å²) >= 11 is 0. The first-order chi connectivity index (χ1) is 11.4. The summed E-state index contributed by atoms with van der Waals surface area (Å²) in [5, 5.41) is 5.47. The summed E-state index contributed by atoms with van der Waals surface area (Å²) in [5.41, 5.74) is 2.94. The van der Waals surface area contributed by atoms with Crippen LogP contribution < -0.4 is 4.90 Å². The van der Waals surface area contributed by atoms with E-state index in [-0.39, 0.29) is 11.4 Å². The summed E-state index contributed by atoms with van der Waals surface area (Å²) in [6, 6.07) is 5.03. The fourth-order valence-corrected chi connectivity index (χ4v) is 3.28. The highest BCUT2D eigenvalue weighted by Gasteiger charge is 2.23.